The molecule has 0 amide bonds. The Morgan fingerprint density at radius 2 is 1.77 bits per heavy atom. The fourth-order valence-electron chi connectivity index (χ4n) is 6.22. The molecule has 2 radical (unpaired) electrons. The Hall–Kier alpha value is -4.43. The molecule has 6 rings (SSSR count). The summed E-state index contributed by atoms with van der Waals surface area (Å²) in [4.78, 5) is 8.01. The molecule has 0 saturated heterocycles. The van der Waals surface area contributed by atoms with Gasteiger partial charge in [-0.05, 0) is 64.1 Å². The average molecular weight is 667 g/mol. The summed E-state index contributed by atoms with van der Waals surface area (Å²) in [5.41, 5.74) is 5.43. The summed E-state index contributed by atoms with van der Waals surface area (Å²) in [6, 6.07) is 6.03. The number of nitrogens with two attached hydrogens (primary N) is 1. The van der Waals surface area contributed by atoms with Crippen molar-refractivity contribution in [3.05, 3.63) is 93.8 Å². The smallest absolute Gasteiger partial charge is 0.374 e. The van der Waals surface area contributed by atoms with E-state index in [9.17, 15) is 27.4 Å². The van der Waals surface area contributed by atoms with Gasteiger partial charge >= 0.3 is 6.18 Å². The summed E-state index contributed by atoms with van der Waals surface area (Å²) in [6.45, 7) is 11.6. The summed E-state index contributed by atoms with van der Waals surface area (Å²) in [5.74, 6) is -1.82. The van der Waals surface area contributed by atoms with Crippen molar-refractivity contribution in [2.24, 2.45) is 5.73 Å². The van der Waals surface area contributed by atoms with Gasteiger partial charge in [0, 0.05) is 56.0 Å². The van der Waals surface area contributed by atoms with E-state index in [1.54, 1.807) is 22.1 Å². The number of hydrogen-bond donors (Lipinski definition) is 4. The van der Waals surface area contributed by atoms with Crippen LogP contribution in [0.5, 0.6) is 0 Å². The summed E-state index contributed by atoms with van der Waals surface area (Å²) in [7, 11) is 6.66. The summed E-state index contributed by atoms with van der Waals surface area (Å²) in [6.07, 6.45) is -3.95. The van der Waals surface area contributed by atoms with E-state index in [0.29, 0.717) is 39.5 Å². The minimum atomic E-state index is -4.90. The van der Waals surface area contributed by atoms with E-state index in [1.807, 2.05) is 20.8 Å². The fraction of sp³-hybridized carbons (Fsp3) is 0.281. The number of imidazole rings is 1. The number of alkyl halides is 3. The second kappa shape index (κ2) is 10.8. The van der Waals surface area contributed by atoms with Gasteiger partial charge in [-0.1, -0.05) is 18.2 Å². The number of nitrogens with zero attached hydrogens (tertiary/aromatic N) is 4. The monoisotopic (exact) mass is 666 g/mol. The predicted octanol–water partition coefficient (Wildman–Crippen LogP) is 6.78. The Balaban J connectivity index is 1.75. The van der Waals surface area contributed by atoms with Gasteiger partial charge in [-0.2, -0.15) is 13.2 Å². The molecule has 8 nitrogen and oxygen atoms in total. The third kappa shape index (κ3) is 5.23. The van der Waals surface area contributed by atoms with E-state index in [-0.39, 0.29) is 34.1 Å². The Morgan fingerprint density at radius 3 is 2.40 bits per heavy atom. The van der Waals surface area contributed by atoms with Crippen LogP contribution in [0, 0.1) is 17.0 Å². The van der Waals surface area contributed by atoms with Crippen LogP contribution in [0.4, 0.5) is 33.5 Å². The Morgan fingerprint density at radius 1 is 1.06 bits per heavy atom. The third-order valence-electron chi connectivity index (χ3n) is 8.24. The molecular weight excluding hydrogens is 638 g/mol. The lowest BCUT2D eigenvalue weighted by Crippen LogP contribution is -2.46. The zero-order chi connectivity index (χ0) is 34.4. The largest absolute Gasteiger partial charge is 0.418 e. The molecule has 5 aromatic rings. The highest BCUT2D eigenvalue weighted by atomic mass is 35.5. The number of rotatable bonds is 5. The molecule has 0 aliphatic carbocycles. The number of fused-ring (bicyclic) bond motifs is 4. The zero-order valence-electron chi connectivity index (χ0n) is 25.7. The number of aromatic nitrogens is 4. The molecule has 47 heavy (non-hydrogen) atoms. The predicted molar refractivity (Wildman–Crippen MR) is 172 cm³/mol. The van der Waals surface area contributed by atoms with Crippen LogP contribution in [0.1, 0.15) is 56.0 Å². The number of benzene rings is 3. The molecule has 0 saturated carbocycles. The Bertz CT molecular complexity index is 2180. The maximum absolute atomic E-state index is 14.7. The van der Waals surface area contributed by atoms with Crippen molar-refractivity contribution in [2.75, 3.05) is 11.9 Å². The molecule has 1 aliphatic rings. The van der Waals surface area contributed by atoms with Crippen molar-refractivity contribution in [3.63, 3.8) is 0 Å². The van der Waals surface area contributed by atoms with E-state index in [2.05, 4.69) is 27.2 Å². The van der Waals surface area contributed by atoms with Crippen LogP contribution in [-0.2, 0) is 17.2 Å². The average Bonchev–Trinajstić information content (AvgIpc) is 3.47. The highest BCUT2D eigenvalue weighted by Crippen LogP contribution is 2.48. The van der Waals surface area contributed by atoms with E-state index >= 15 is 0 Å². The van der Waals surface area contributed by atoms with Crippen LogP contribution in [0.2, 0.25) is 5.02 Å². The topological polar surface area (TPSA) is 110 Å². The molecule has 0 spiro atoms. The number of anilines is 2. The molecule has 3 aromatic carbocycles. The fourth-order valence-corrected chi connectivity index (χ4v) is 6.45. The Kier molecular flexibility index (Phi) is 7.48. The van der Waals surface area contributed by atoms with Crippen LogP contribution >= 0.6 is 11.6 Å². The number of nitrogens with one attached hydrogen (secondary N) is 3. The zero-order valence-corrected chi connectivity index (χ0v) is 26.5. The van der Waals surface area contributed by atoms with E-state index in [1.165, 1.54) is 18.2 Å². The van der Waals surface area contributed by atoms with Gasteiger partial charge in [0.1, 0.15) is 31.6 Å². The minimum absolute atomic E-state index is 0.0201. The van der Waals surface area contributed by atoms with Crippen LogP contribution in [0.25, 0.3) is 27.6 Å². The second-order valence-corrected chi connectivity index (χ2v) is 13.1. The maximum atomic E-state index is 14.7. The van der Waals surface area contributed by atoms with Crippen molar-refractivity contribution in [1.29, 1.82) is 5.41 Å². The van der Waals surface area contributed by atoms with Gasteiger partial charge in [-0.25, -0.2) is 18.7 Å². The van der Waals surface area contributed by atoms with Crippen molar-refractivity contribution < 1.29 is 22.0 Å². The number of halogens is 6. The molecule has 0 fully saturated rings. The van der Waals surface area contributed by atoms with Gasteiger partial charge in [0.05, 0.1) is 28.2 Å². The molecule has 2 unspecified atom stereocenters. The first-order valence-electron chi connectivity index (χ1n) is 14.4. The van der Waals surface area contributed by atoms with Crippen LogP contribution in [0.3, 0.4) is 0 Å². The SMILES string of the molecule is [B]C(C)(CN)n1c(=N)n(C(C)(C)C)c2c3c(c(Nc4ncnc5c(C(F)(F)F)cc(F)cc45)cc21)C(c1cc(F)ccc1Cl)NC3=C. The highest BCUT2D eigenvalue weighted by Gasteiger charge is 2.39. The Labute approximate surface area is 272 Å². The first-order chi connectivity index (χ1) is 21.8. The molecule has 242 valence electrons. The van der Waals surface area contributed by atoms with Gasteiger partial charge in [0.25, 0.3) is 0 Å². The minimum Gasteiger partial charge on any atom is -0.374 e. The van der Waals surface area contributed by atoms with Gasteiger partial charge in [0.15, 0.2) is 0 Å². The number of hydrogen-bond acceptors (Lipinski definition) is 6. The van der Waals surface area contributed by atoms with E-state index in [4.69, 9.17) is 25.2 Å². The molecule has 0 bridgehead atoms. The third-order valence-corrected chi connectivity index (χ3v) is 8.59. The van der Waals surface area contributed by atoms with E-state index in [0.717, 1.165) is 12.4 Å². The van der Waals surface area contributed by atoms with Crippen molar-refractivity contribution in [3.8, 4) is 0 Å². The molecule has 5 N–H and O–H groups in total. The second-order valence-electron chi connectivity index (χ2n) is 12.7. The molecular formula is C32H29BClF5N8. The summed E-state index contributed by atoms with van der Waals surface area (Å²) < 4.78 is 74.5. The highest BCUT2D eigenvalue weighted by molar-refractivity contribution is 6.31. The van der Waals surface area contributed by atoms with Crippen molar-refractivity contribution in [1.82, 2.24) is 24.4 Å². The normalized spacial score (nSPS) is 16.4. The molecule has 2 atom stereocenters. The van der Waals surface area contributed by atoms with Gasteiger partial charge < -0.3 is 25.5 Å². The van der Waals surface area contributed by atoms with Crippen LogP contribution < -0.4 is 22.0 Å². The van der Waals surface area contributed by atoms with Gasteiger partial charge in [0.2, 0.25) is 5.62 Å². The lowest BCUT2D eigenvalue weighted by molar-refractivity contribution is -0.136. The first-order valence-corrected chi connectivity index (χ1v) is 14.8. The van der Waals surface area contributed by atoms with Crippen LogP contribution in [0.15, 0.2) is 49.3 Å². The molecule has 1 aliphatic heterocycles. The van der Waals surface area contributed by atoms with Gasteiger partial charge in [-0.3, -0.25) is 5.41 Å². The molecule has 3 heterocycles. The molecule has 15 heteroatoms. The lowest BCUT2D eigenvalue weighted by atomic mass is 9.79. The van der Waals surface area contributed by atoms with Crippen LogP contribution in [-0.4, -0.2) is 33.5 Å². The van der Waals surface area contributed by atoms with Gasteiger partial charge in [-0.15, -0.1) is 0 Å². The van der Waals surface area contributed by atoms with E-state index < -0.39 is 45.9 Å². The summed E-state index contributed by atoms with van der Waals surface area (Å²) in [5, 5.41) is 15.7. The molecule has 2 aromatic heterocycles. The lowest BCUT2D eigenvalue weighted by Gasteiger charge is -2.27. The maximum Gasteiger partial charge on any atom is 0.418 e. The van der Waals surface area contributed by atoms with Crippen molar-refractivity contribution in [2.45, 2.75) is 50.9 Å². The first kappa shape index (κ1) is 32.5. The standard InChI is InChI=1S/C32H29BClF5N8/c1-14-23-24(26(44-14)17-8-15(35)6-7-20(17)34)21(11-22-27(23)47(30(2,3)4)29(41)46(22)31(5,33)12-40)45-28-18-9-16(36)10-19(32(37,38)39)25(18)42-13-43-28/h6-11,13,26,41,44H,1,12,40H2,2-5H3,(H,42,43,45). The van der Waals surface area contributed by atoms with Crippen molar-refractivity contribution >= 4 is 58.6 Å². The quantitative estimate of drug-likeness (QED) is 0.122. The summed E-state index contributed by atoms with van der Waals surface area (Å²) >= 11 is 6.59.